The summed E-state index contributed by atoms with van der Waals surface area (Å²) in [5.74, 6) is -0.242. The lowest BCUT2D eigenvalue weighted by Gasteiger charge is -2.21. The molecular weight excluding hydrogens is 296 g/mol. The smallest absolute Gasteiger partial charge is 0.123 e. The van der Waals surface area contributed by atoms with E-state index >= 15 is 0 Å². The van der Waals surface area contributed by atoms with Gasteiger partial charge in [-0.25, -0.2) is 4.39 Å². The van der Waals surface area contributed by atoms with Crippen molar-refractivity contribution < 1.29 is 4.39 Å². The van der Waals surface area contributed by atoms with Gasteiger partial charge >= 0.3 is 0 Å². The molecule has 1 atom stereocenters. The standard InChI is InChI=1S/C16H16Cl2FN/c1-3-20-16(11-5-7-14(17)15(18)8-11)13-9-12(19)6-4-10(13)2/h4-9,16,20H,3H2,1-2H3. The summed E-state index contributed by atoms with van der Waals surface area (Å²) in [5, 5.41) is 4.38. The predicted octanol–water partition coefficient (Wildman–Crippen LogP) is 5.14. The molecule has 2 rings (SSSR count). The van der Waals surface area contributed by atoms with Crippen LogP contribution in [0.4, 0.5) is 4.39 Å². The molecule has 20 heavy (non-hydrogen) atoms. The third-order valence-electron chi connectivity index (χ3n) is 3.24. The van der Waals surface area contributed by atoms with Gasteiger partial charge in [-0.2, -0.15) is 0 Å². The summed E-state index contributed by atoms with van der Waals surface area (Å²) in [6, 6.07) is 10.2. The van der Waals surface area contributed by atoms with Gasteiger partial charge in [-0.15, -0.1) is 0 Å². The fourth-order valence-corrected chi connectivity index (χ4v) is 2.53. The minimum Gasteiger partial charge on any atom is -0.307 e. The number of rotatable bonds is 4. The van der Waals surface area contributed by atoms with Crippen molar-refractivity contribution >= 4 is 23.2 Å². The van der Waals surface area contributed by atoms with Gasteiger partial charge in [0.05, 0.1) is 16.1 Å². The van der Waals surface area contributed by atoms with E-state index in [0.29, 0.717) is 10.0 Å². The molecule has 0 heterocycles. The molecule has 106 valence electrons. The molecule has 1 unspecified atom stereocenters. The Morgan fingerprint density at radius 3 is 2.50 bits per heavy atom. The SMILES string of the molecule is CCNC(c1ccc(Cl)c(Cl)c1)c1cc(F)ccc1C. The zero-order chi connectivity index (χ0) is 14.7. The van der Waals surface area contributed by atoms with Crippen molar-refractivity contribution in [1.29, 1.82) is 0 Å². The van der Waals surface area contributed by atoms with Crippen molar-refractivity contribution in [1.82, 2.24) is 5.32 Å². The van der Waals surface area contributed by atoms with E-state index in [0.717, 1.165) is 23.2 Å². The number of nitrogens with one attached hydrogen (secondary N) is 1. The molecule has 0 saturated carbocycles. The van der Waals surface area contributed by atoms with E-state index in [-0.39, 0.29) is 11.9 Å². The summed E-state index contributed by atoms with van der Waals surface area (Å²) in [4.78, 5) is 0. The van der Waals surface area contributed by atoms with E-state index < -0.39 is 0 Å². The molecule has 0 radical (unpaired) electrons. The van der Waals surface area contributed by atoms with Gasteiger partial charge < -0.3 is 5.32 Å². The first kappa shape index (κ1) is 15.3. The highest BCUT2D eigenvalue weighted by Crippen LogP contribution is 2.30. The molecule has 1 N–H and O–H groups in total. The lowest BCUT2D eigenvalue weighted by molar-refractivity contribution is 0.600. The number of halogens is 3. The molecule has 0 amide bonds. The predicted molar refractivity (Wildman–Crippen MR) is 83.1 cm³/mol. The molecular formula is C16H16Cl2FN. The normalized spacial score (nSPS) is 12.4. The van der Waals surface area contributed by atoms with Gasteiger partial charge in [0.25, 0.3) is 0 Å². The van der Waals surface area contributed by atoms with Crippen LogP contribution in [0.5, 0.6) is 0 Å². The van der Waals surface area contributed by atoms with Gasteiger partial charge in [0.1, 0.15) is 5.82 Å². The average molecular weight is 312 g/mol. The topological polar surface area (TPSA) is 12.0 Å². The van der Waals surface area contributed by atoms with Crippen molar-refractivity contribution in [2.45, 2.75) is 19.9 Å². The highest BCUT2D eigenvalue weighted by molar-refractivity contribution is 6.42. The second-order valence-corrected chi connectivity index (χ2v) is 5.48. The molecule has 2 aromatic carbocycles. The van der Waals surface area contributed by atoms with Crippen molar-refractivity contribution in [3.05, 3.63) is 69.0 Å². The minimum absolute atomic E-state index is 0.106. The van der Waals surface area contributed by atoms with Crippen LogP contribution in [0.3, 0.4) is 0 Å². The van der Waals surface area contributed by atoms with Gasteiger partial charge in [-0.1, -0.05) is 42.3 Å². The molecule has 0 spiro atoms. The van der Waals surface area contributed by atoms with Crippen LogP contribution in [-0.4, -0.2) is 6.54 Å². The molecule has 0 aliphatic carbocycles. The first-order valence-corrected chi connectivity index (χ1v) is 7.23. The first-order valence-electron chi connectivity index (χ1n) is 6.47. The third-order valence-corrected chi connectivity index (χ3v) is 3.98. The zero-order valence-corrected chi connectivity index (χ0v) is 12.9. The summed E-state index contributed by atoms with van der Waals surface area (Å²) in [6.45, 7) is 4.75. The summed E-state index contributed by atoms with van der Waals surface area (Å²) in [5.41, 5.74) is 2.91. The fraction of sp³-hybridized carbons (Fsp3) is 0.250. The van der Waals surface area contributed by atoms with Crippen LogP contribution in [0.1, 0.15) is 29.7 Å². The van der Waals surface area contributed by atoms with Crippen molar-refractivity contribution in [2.24, 2.45) is 0 Å². The van der Waals surface area contributed by atoms with Crippen LogP contribution in [0, 0.1) is 12.7 Å². The van der Waals surface area contributed by atoms with Crippen molar-refractivity contribution in [3.8, 4) is 0 Å². The van der Waals surface area contributed by atoms with Gasteiger partial charge in [0.15, 0.2) is 0 Å². The van der Waals surface area contributed by atoms with Gasteiger partial charge in [-0.3, -0.25) is 0 Å². The zero-order valence-electron chi connectivity index (χ0n) is 11.4. The molecule has 1 nitrogen and oxygen atoms in total. The summed E-state index contributed by atoms with van der Waals surface area (Å²) >= 11 is 12.0. The lowest BCUT2D eigenvalue weighted by atomic mass is 9.95. The Bertz CT molecular complexity index is 613. The van der Waals surface area contributed by atoms with Crippen molar-refractivity contribution in [3.63, 3.8) is 0 Å². The number of aryl methyl sites for hydroxylation is 1. The molecule has 4 heteroatoms. The Labute approximate surface area is 128 Å². The van der Waals surface area contributed by atoms with Crippen LogP contribution >= 0.6 is 23.2 Å². The third kappa shape index (κ3) is 3.32. The van der Waals surface area contributed by atoms with Gasteiger partial charge in [0, 0.05) is 0 Å². The molecule has 0 fully saturated rings. The summed E-state index contributed by atoms with van der Waals surface area (Å²) in [6.07, 6.45) is 0. The van der Waals surface area contributed by atoms with E-state index in [2.05, 4.69) is 5.32 Å². The molecule has 0 bridgehead atoms. The Hall–Kier alpha value is -1.09. The number of hydrogen-bond donors (Lipinski definition) is 1. The molecule has 0 aromatic heterocycles. The van der Waals surface area contributed by atoms with Crippen LogP contribution < -0.4 is 5.32 Å². The van der Waals surface area contributed by atoms with E-state index in [1.807, 2.05) is 26.0 Å². The Kier molecular flexibility index (Phi) is 5.03. The maximum atomic E-state index is 13.5. The van der Waals surface area contributed by atoms with Gasteiger partial charge in [-0.05, 0) is 54.4 Å². The first-order chi connectivity index (χ1) is 9.52. The van der Waals surface area contributed by atoms with Crippen LogP contribution in [-0.2, 0) is 0 Å². The van der Waals surface area contributed by atoms with Gasteiger partial charge in [0.2, 0.25) is 0 Å². The number of benzene rings is 2. The Balaban J connectivity index is 2.49. The maximum absolute atomic E-state index is 13.5. The maximum Gasteiger partial charge on any atom is 0.123 e. The molecule has 2 aromatic rings. The van der Waals surface area contributed by atoms with Crippen LogP contribution in [0.2, 0.25) is 10.0 Å². The highest BCUT2D eigenvalue weighted by Gasteiger charge is 2.17. The summed E-state index contributed by atoms with van der Waals surface area (Å²) in [7, 11) is 0. The molecule has 0 aliphatic rings. The van der Waals surface area contributed by atoms with E-state index in [1.165, 1.54) is 6.07 Å². The monoisotopic (exact) mass is 311 g/mol. The van der Waals surface area contributed by atoms with Crippen LogP contribution in [0.15, 0.2) is 36.4 Å². The Morgan fingerprint density at radius 2 is 1.85 bits per heavy atom. The quantitative estimate of drug-likeness (QED) is 0.824. The van der Waals surface area contributed by atoms with E-state index in [1.54, 1.807) is 18.2 Å². The summed E-state index contributed by atoms with van der Waals surface area (Å²) < 4.78 is 13.5. The van der Waals surface area contributed by atoms with Crippen molar-refractivity contribution in [2.75, 3.05) is 6.54 Å². The van der Waals surface area contributed by atoms with E-state index in [4.69, 9.17) is 23.2 Å². The second kappa shape index (κ2) is 6.57. The Morgan fingerprint density at radius 1 is 1.10 bits per heavy atom. The minimum atomic E-state index is -0.242. The number of hydrogen-bond acceptors (Lipinski definition) is 1. The fourth-order valence-electron chi connectivity index (χ4n) is 2.23. The second-order valence-electron chi connectivity index (χ2n) is 4.67. The lowest BCUT2D eigenvalue weighted by Crippen LogP contribution is -2.23. The molecule has 0 saturated heterocycles. The molecule has 0 aliphatic heterocycles. The van der Waals surface area contributed by atoms with E-state index in [9.17, 15) is 4.39 Å². The largest absolute Gasteiger partial charge is 0.307 e. The van der Waals surface area contributed by atoms with Crippen LogP contribution in [0.25, 0.3) is 0 Å². The average Bonchev–Trinajstić information content (AvgIpc) is 2.42. The highest BCUT2D eigenvalue weighted by atomic mass is 35.5.